The van der Waals surface area contributed by atoms with Crippen LogP contribution in [0.3, 0.4) is 0 Å². The van der Waals surface area contributed by atoms with Crippen LogP contribution in [0.4, 0.5) is 4.79 Å². The highest BCUT2D eigenvalue weighted by molar-refractivity contribution is 8.18. The van der Waals surface area contributed by atoms with Gasteiger partial charge in [-0.25, -0.2) is 0 Å². The van der Waals surface area contributed by atoms with E-state index in [1.807, 2.05) is 18.5 Å². The minimum absolute atomic E-state index is 0.218. The zero-order valence-corrected chi connectivity index (χ0v) is 10.8. The van der Waals surface area contributed by atoms with Crippen LogP contribution < -0.4 is 0 Å². The van der Waals surface area contributed by atoms with E-state index < -0.39 is 0 Å². The van der Waals surface area contributed by atoms with Crippen molar-refractivity contribution < 1.29 is 9.59 Å². The van der Waals surface area contributed by atoms with Crippen molar-refractivity contribution in [2.45, 2.75) is 19.9 Å². The average Bonchev–Trinajstić information content (AvgIpc) is 2.82. The number of likely N-dealkylation sites (N-methyl/N-ethyl adjacent to an activating group) is 1. The van der Waals surface area contributed by atoms with Crippen LogP contribution in [0.2, 0.25) is 0 Å². The van der Waals surface area contributed by atoms with Gasteiger partial charge in [0.2, 0.25) is 0 Å². The van der Waals surface area contributed by atoms with Gasteiger partial charge in [-0.1, -0.05) is 0 Å². The number of nitrogens with zero attached hydrogens (tertiary/aromatic N) is 2. The Kier molecular flexibility index (Phi) is 3.11. The molecule has 5 heteroatoms. The molecule has 1 fully saturated rings. The summed E-state index contributed by atoms with van der Waals surface area (Å²) in [5, 5.41) is -0.218. The highest BCUT2D eigenvalue weighted by Gasteiger charge is 2.31. The van der Waals surface area contributed by atoms with Crippen molar-refractivity contribution in [3.63, 3.8) is 0 Å². The molecule has 1 aromatic rings. The van der Waals surface area contributed by atoms with Crippen LogP contribution >= 0.6 is 11.8 Å². The molecule has 1 aliphatic heterocycles. The molecule has 90 valence electrons. The summed E-state index contributed by atoms with van der Waals surface area (Å²) in [5.41, 5.74) is 0.942. The first-order chi connectivity index (χ1) is 7.99. The molecule has 2 rings (SSSR count). The first-order valence-corrected chi connectivity index (χ1v) is 6.19. The molecule has 2 heterocycles. The van der Waals surface area contributed by atoms with Gasteiger partial charge >= 0.3 is 0 Å². The molecule has 2 amide bonds. The summed E-state index contributed by atoms with van der Waals surface area (Å²) in [5.74, 6) is -0.225. The number of hydrogen-bond donors (Lipinski definition) is 0. The molecule has 0 aromatic carbocycles. The quantitative estimate of drug-likeness (QED) is 0.758. The molecule has 17 heavy (non-hydrogen) atoms. The number of aromatic nitrogens is 1. The third-order valence-electron chi connectivity index (χ3n) is 2.62. The third-order valence-corrected chi connectivity index (χ3v) is 3.58. The zero-order chi connectivity index (χ0) is 12.6. The molecular formula is C12H14N2O2S. The Morgan fingerprint density at radius 3 is 2.53 bits per heavy atom. The highest BCUT2D eigenvalue weighted by atomic mass is 32.2. The molecule has 1 aliphatic rings. The van der Waals surface area contributed by atoms with Crippen LogP contribution in [-0.2, 0) is 4.79 Å². The van der Waals surface area contributed by atoms with Gasteiger partial charge in [-0.05, 0) is 43.3 Å². The molecular weight excluding hydrogens is 236 g/mol. The van der Waals surface area contributed by atoms with Crippen LogP contribution in [-0.4, -0.2) is 27.7 Å². The first-order valence-electron chi connectivity index (χ1n) is 5.38. The summed E-state index contributed by atoms with van der Waals surface area (Å²) in [6.07, 6.45) is 5.69. The van der Waals surface area contributed by atoms with E-state index in [1.165, 1.54) is 7.05 Å². The van der Waals surface area contributed by atoms with Crippen LogP contribution in [0.5, 0.6) is 0 Å². The van der Waals surface area contributed by atoms with Crippen molar-refractivity contribution in [3.8, 4) is 0 Å². The summed E-state index contributed by atoms with van der Waals surface area (Å²) in [6.45, 7) is 4.17. The van der Waals surface area contributed by atoms with E-state index >= 15 is 0 Å². The molecule has 1 aromatic heterocycles. The zero-order valence-electron chi connectivity index (χ0n) is 10.0. The van der Waals surface area contributed by atoms with Gasteiger partial charge in [-0.3, -0.25) is 14.5 Å². The number of carbonyl (C=O) groups excluding carboxylic acids is 2. The Labute approximate surface area is 104 Å². The SMILES string of the molecule is CC(C)n1ccc(/C=C2\SC(=O)N(C)C2=O)c1. The number of rotatable bonds is 2. The minimum Gasteiger partial charge on any atom is -0.351 e. The first kappa shape index (κ1) is 12.0. The highest BCUT2D eigenvalue weighted by Crippen LogP contribution is 2.31. The number of hydrogen-bond acceptors (Lipinski definition) is 3. The van der Waals surface area contributed by atoms with Gasteiger partial charge in [0.25, 0.3) is 11.1 Å². The van der Waals surface area contributed by atoms with Gasteiger partial charge < -0.3 is 4.57 Å². The maximum atomic E-state index is 11.7. The van der Waals surface area contributed by atoms with Crippen LogP contribution in [0.25, 0.3) is 6.08 Å². The maximum absolute atomic E-state index is 11.7. The van der Waals surface area contributed by atoms with E-state index in [-0.39, 0.29) is 11.1 Å². The number of imide groups is 1. The van der Waals surface area contributed by atoms with Gasteiger partial charge in [0.1, 0.15) is 0 Å². The smallest absolute Gasteiger partial charge is 0.293 e. The van der Waals surface area contributed by atoms with Crippen molar-refractivity contribution in [2.75, 3.05) is 7.05 Å². The number of thioether (sulfide) groups is 1. The predicted octanol–water partition coefficient (Wildman–Crippen LogP) is 2.74. The Morgan fingerprint density at radius 1 is 1.35 bits per heavy atom. The van der Waals surface area contributed by atoms with E-state index in [1.54, 1.807) is 6.08 Å². The molecule has 0 unspecified atom stereocenters. The Hall–Kier alpha value is -1.49. The van der Waals surface area contributed by atoms with E-state index in [9.17, 15) is 9.59 Å². The summed E-state index contributed by atoms with van der Waals surface area (Å²) in [4.78, 5) is 24.6. The fourth-order valence-electron chi connectivity index (χ4n) is 1.53. The lowest BCUT2D eigenvalue weighted by Crippen LogP contribution is -2.22. The Morgan fingerprint density at radius 2 is 2.06 bits per heavy atom. The molecule has 4 nitrogen and oxygen atoms in total. The number of amides is 2. The van der Waals surface area contributed by atoms with E-state index in [0.717, 1.165) is 22.2 Å². The minimum atomic E-state index is -0.225. The topological polar surface area (TPSA) is 42.3 Å². The van der Waals surface area contributed by atoms with E-state index in [0.29, 0.717) is 10.9 Å². The fourth-order valence-corrected chi connectivity index (χ4v) is 2.36. The van der Waals surface area contributed by atoms with Gasteiger partial charge in [-0.15, -0.1) is 0 Å². The van der Waals surface area contributed by atoms with Crippen molar-refractivity contribution >= 4 is 29.0 Å². The van der Waals surface area contributed by atoms with Gasteiger partial charge in [0.15, 0.2) is 0 Å². The lowest BCUT2D eigenvalue weighted by Gasteiger charge is -2.04. The van der Waals surface area contributed by atoms with Gasteiger partial charge in [-0.2, -0.15) is 0 Å². The molecule has 0 aliphatic carbocycles. The molecule has 0 spiro atoms. The van der Waals surface area contributed by atoms with Crippen LogP contribution in [0.15, 0.2) is 23.4 Å². The third kappa shape index (κ3) is 2.29. The molecule has 1 saturated heterocycles. The van der Waals surface area contributed by atoms with Crippen molar-refractivity contribution in [1.82, 2.24) is 9.47 Å². The summed E-state index contributed by atoms with van der Waals surface area (Å²) in [6, 6.07) is 2.32. The van der Waals surface area contributed by atoms with E-state index in [4.69, 9.17) is 0 Å². The van der Waals surface area contributed by atoms with E-state index in [2.05, 4.69) is 18.4 Å². The second-order valence-electron chi connectivity index (χ2n) is 4.23. The fraction of sp³-hybridized carbons (Fsp3) is 0.333. The second-order valence-corrected chi connectivity index (χ2v) is 5.22. The molecule has 0 N–H and O–H groups in total. The standard InChI is InChI=1S/C12H14N2O2S/c1-8(2)14-5-4-9(7-14)6-10-11(15)13(3)12(16)17-10/h4-8H,1-3H3/b10-6-. The maximum Gasteiger partial charge on any atom is 0.293 e. The largest absolute Gasteiger partial charge is 0.351 e. The Balaban J connectivity index is 2.25. The average molecular weight is 250 g/mol. The van der Waals surface area contributed by atoms with Crippen LogP contribution in [0, 0.1) is 0 Å². The summed E-state index contributed by atoms with van der Waals surface area (Å²) >= 11 is 0.984. The van der Waals surface area contributed by atoms with Crippen LogP contribution in [0.1, 0.15) is 25.5 Å². The van der Waals surface area contributed by atoms with Crippen molar-refractivity contribution in [3.05, 3.63) is 28.9 Å². The lowest BCUT2D eigenvalue weighted by atomic mass is 10.3. The summed E-state index contributed by atoms with van der Waals surface area (Å²) in [7, 11) is 1.50. The molecule has 0 radical (unpaired) electrons. The Bertz CT molecular complexity index is 502. The molecule has 0 atom stereocenters. The lowest BCUT2D eigenvalue weighted by molar-refractivity contribution is -0.121. The van der Waals surface area contributed by atoms with Gasteiger partial charge in [0, 0.05) is 25.5 Å². The van der Waals surface area contributed by atoms with Gasteiger partial charge in [0.05, 0.1) is 4.91 Å². The van der Waals surface area contributed by atoms with Crippen molar-refractivity contribution in [2.24, 2.45) is 0 Å². The van der Waals surface area contributed by atoms with Crippen molar-refractivity contribution in [1.29, 1.82) is 0 Å². The monoisotopic (exact) mass is 250 g/mol. The predicted molar refractivity (Wildman–Crippen MR) is 68.6 cm³/mol. The normalized spacial score (nSPS) is 18.8. The molecule has 0 bridgehead atoms. The number of carbonyl (C=O) groups is 2. The summed E-state index contributed by atoms with van der Waals surface area (Å²) < 4.78 is 2.06. The molecule has 0 saturated carbocycles. The second kappa shape index (κ2) is 4.41.